The molecule has 3 heterocycles. The number of carbonyl (C=O) groups is 1. The van der Waals surface area contributed by atoms with Gasteiger partial charge in [0, 0.05) is 43.6 Å². The Bertz CT molecular complexity index is 1230. The summed E-state index contributed by atoms with van der Waals surface area (Å²) in [6, 6.07) is 11.5. The van der Waals surface area contributed by atoms with Crippen LogP contribution in [0.25, 0.3) is 17.1 Å². The standard InChI is InChI=1S/C23H24N6O3S2/c1-31-13-5-10-25-22(30)17-14-33-20(26-17)15-34-23-28-27-21(16-8-11-24-12-9-16)29(23)18-6-3-4-7-19(18)32-2/h3-4,6-9,11-12,14H,5,10,13,15H2,1-2H3,(H,25,30). The van der Waals surface area contributed by atoms with Crippen LogP contribution in [0.1, 0.15) is 21.9 Å². The van der Waals surface area contributed by atoms with Crippen LogP contribution in [0.4, 0.5) is 0 Å². The fraction of sp³-hybridized carbons (Fsp3) is 0.261. The summed E-state index contributed by atoms with van der Waals surface area (Å²) >= 11 is 2.94. The molecule has 0 fully saturated rings. The molecule has 0 aliphatic rings. The topological polar surface area (TPSA) is 104 Å². The van der Waals surface area contributed by atoms with Crippen molar-refractivity contribution in [3.63, 3.8) is 0 Å². The molecule has 176 valence electrons. The summed E-state index contributed by atoms with van der Waals surface area (Å²) in [7, 11) is 3.28. The summed E-state index contributed by atoms with van der Waals surface area (Å²) < 4.78 is 12.6. The molecule has 34 heavy (non-hydrogen) atoms. The van der Waals surface area contributed by atoms with Crippen molar-refractivity contribution >= 4 is 29.0 Å². The zero-order valence-corrected chi connectivity index (χ0v) is 20.4. The molecule has 0 saturated heterocycles. The van der Waals surface area contributed by atoms with E-state index in [1.807, 2.05) is 41.0 Å². The van der Waals surface area contributed by atoms with Gasteiger partial charge in [-0.3, -0.25) is 14.3 Å². The first-order valence-electron chi connectivity index (χ1n) is 10.5. The van der Waals surface area contributed by atoms with Gasteiger partial charge in [-0.2, -0.15) is 0 Å². The Morgan fingerprint density at radius 1 is 1.15 bits per heavy atom. The van der Waals surface area contributed by atoms with Gasteiger partial charge in [0.2, 0.25) is 0 Å². The molecular formula is C23H24N6O3S2. The summed E-state index contributed by atoms with van der Waals surface area (Å²) in [5.74, 6) is 1.76. The van der Waals surface area contributed by atoms with Crippen LogP contribution in [0.15, 0.2) is 59.3 Å². The lowest BCUT2D eigenvalue weighted by molar-refractivity contribution is 0.0944. The van der Waals surface area contributed by atoms with Gasteiger partial charge in [0.15, 0.2) is 11.0 Å². The zero-order valence-electron chi connectivity index (χ0n) is 18.8. The Morgan fingerprint density at radius 2 is 1.97 bits per heavy atom. The van der Waals surface area contributed by atoms with Crippen LogP contribution < -0.4 is 10.1 Å². The maximum absolute atomic E-state index is 12.3. The van der Waals surface area contributed by atoms with Crippen LogP contribution >= 0.6 is 23.1 Å². The van der Waals surface area contributed by atoms with Gasteiger partial charge in [-0.15, -0.1) is 21.5 Å². The van der Waals surface area contributed by atoms with E-state index in [2.05, 4.69) is 25.5 Å². The highest BCUT2D eigenvalue weighted by Crippen LogP contribution is 2.33. The number of rotatable bonds is 11. The normalized spacial score (nSPS) is 10.9. The summed E-state index contributed by atoms with van der Waals surface area (Å²) in [6.45, 7) is 1.15. The number of nitrogens with zero attached hydrogens (tertiary/aromatic N) is 5. The highest BCUT2D eigenvalue weighted by Gasteiger charge is 2.20. The zero-order chi connectivity index (χ0) is 23.8. The molecule has 0 unspecified atom stereocenters. The molecular weight excluding hydrogens is 472 g/mol. The number of thiazole rings is 1. The predicted molar refractivity (Wildman–Crippen MR) is 132 cm³/mol. The Balaban J connectivity index is 1.55. The van der Waals surface area contributed by atoms with Gasteiger partial charge in [0.05, 0.1) is 18.6 Å². The first kappa shape index (κ1) is 23.9. The summed E-state index contributed by atoms with van der Waals surface area (Å²) in [4.78, 5) is 20.9. The van der Waals surface area contributed by atoms with Crippen molar-refractivity contribution in [2.75, 3.05) is 27.4 Å². The van der Waals surface area contributed by atoms with Crippen molar-refractivity contribution in [2.24, 2.45) is 0 Å². The third kappa shape index (κ3) is 5.61. The average Bonchev–Trinajstić information content (AvgIpc) is 3.53. The highest BCUT2D eigenvalue weighted by molar-refractivity contribution is 7.98. The van der Waals surface area contributed by atoms with Gasteiger partial charge < -0.3 is 14.8 Å². The summed E-state index contributed by atoms with van der Waals surface area (Å²) in [6.07, 6.45) is 4.20. The quantitative estimate of drug-likeness (QED) is 0.247. The number of methoxy groups -OCH3 is 2. The van der Waals surface area contributed by atoms with Crippen LogP contribution in [0.5, 0.6) is 5.75 Å². The molecule has 0 aliphatic heterocycles. The van der Waals surface area contributed by atoms with Gasteiger partial charge in [-0.1, -0.05) is 23.9 Å². The fourth-order valence-corrected chi connectivity index (χ4v) is 4.94. The van der Waals surface area contributed by atoms with Crippen LogP contribution in [0, 0.1) is 0 Å². The monoisotopic (exact) mass is 496 g/mol. The smallest absolute Gasteiger partial charge is 0.270 e. The number of carbonyl (C=O) groups excluding carboxylic acids is 1. The number of nitrogens with one attached hydrogen (secondary N) is 1. The average molecular weight is 497 g/mol. The SMILES string of the molecule is COCCCNC(=O)c1csc(CSc2nnc(-c3ccncc3)n2-c2ccccc2OC)n1. The number of hydrogen-bond donors (Lipinski definition) is 1. The van der Waals surface area contributed by atoms with Crippen molar-refractivity contribution in [3.8, 4) is 22.8 Å². The Morgan fingerprint density at radius 3 is 2.76 bits per heavy atom. The molecule has 4 rings (SSSR count). The number of aromatic nitrogens is 5. The number of para-hydroxylation sites is 2. The number of ether oxygens (including phenoxy) is 2. The number of thioether (sulfide) groups is 1. The molecule has 0 radical (unpaired) electrons. The van der Waals surface area contributed by atoms with E-state index in [-0.39, 0.29) is 5.91 Å². The maximum atomic E-state index is 12.3. The molecule has 1 aromatic carbocycles. The minimum Gasteiger partial charge on any atom is -0.495 e. The molecule has 0 saturated carbocycles. The molecule has 3 aromatic heterocycles. The predicted octanol–water partition coefficient (Wildman–Crippen LogP) is 3.85. The van der Waals surface area contributed by atoms with Gasteiger partial charge >= 0.3 is 0 Å². The molecule has 1 N–H and O–H groups in total. The van der Waals surface area contributed by atoms with Gasteiger partial charge in [0.1, 0.15) is 16.5 Å². The van der Waals surface area contributed by atoms with Crippen LogP contribution in [-0.2, 0) is 10.5 Å². The van der Waals surface area contributed by atoms with E-state index < -0.39 is 0 Å². The Labute approximate surface area is 205 Å². The van der Waals surface area contributed by atoms with Gasteiger partial charge in [-0.25, -0.2) is 4.98 Å². The van der Waals surface area contributed by atoms with E-state index in [1.54, 1.807) is 32.0 Å². The summed E-state index contributed by atoms with van der Waals surface area (Å²) in [5, 5.41) is 15.0. The molecule has 0 atom stereocenters. The van der Waals surface area contributed by atoms with Crippen molar-refractivity contribution in [3.05, 3.63) is 64.9 Å². The third-order valence-corrected chi connectivity index (χ3v) is 6.79. The lowest BCUT2D eigenvalue weighted by Crippen LogP contribution is -2.25. The summed E-state index contributed by atoms with van der Waals surface area (Å²) in [5.41, 5.74) is 2.14. The minimum absolute atomic E-state index is 0.180. The number of benzene rings is 1. The van der Waals surface area contributed by atoms with Gasteiger partial charge in [-0.05, 0) is 30.7 Å². The minimum atomic E-state index is -0.180. The van der Waals surface area contributed by atoms with Crippen LogP contribution in [0.3, 0.4) is 0 Å². The van der Waals surface area contributed by atoms with Crippen molar-refractivity contribution in [2.45, 2.75) is 17.3 Å². The first-order chi connectivity index (χ1) is 16.7. The highest BCUT2D eigenvalue weighted by atomic mass is 32.2. The third-order valence-electron chi connectivity index (χ3n) is 4.82. The number of pyridine rings is 1. The molecule has 11 heteroatoms. The maximum Gasteiger partial charge on any atom is 0.270 e. The van der Waals surface area contributed by atoms with E-state index in [1.165, 1.54) is 23.1 Å². The fourth-order valence-electron chi connectivity index (χ4n) is 3.20. The second kappa shape index (κ2) is 11.7. The molecule has 1 amide bonds. The van der Waals surface area contributed by atoms with E-state index in [0.29, 0.717) is 41.3 Å². The van der Waals surface area contributed by atoms with E-state index >= 15 is 0 Å². The first-order valence-corrected chi connectivity index (χ1v) is 12.4. The lowest BCUT2D eigenvalue weighted by atomic mass is 10.2. The van der Waals surface area contributed by atoms with Crippen molar-refractivity contribution < 1.29 is 14.3 Å². The van der Waals surface area contributed by atoms with E-state index in [9.17, 15) is 4.79 Å². The Kier molecular flexibility index (Phi) is 8.23. The van der Waals surface area contributed by atoms with Crippen molar-refractivity contribution in [1.82, 2.24) is 30.0 Å². The second-order valence-electron chi connectivity index (χ2n) is 7.07. The lowest BCUT2D eigenvalue weighted by Gasteiger charge is -2.13. The van der Waals surface area contributed by atoms with E-state index in [0.717, 1.165) is 22.7 Å². The molecule has 9 nitrogen and oxygen atoms in total. The second-order valence-corrected chi connectivity index (χ2v) is 8.95. The number of amides is 1. The molecule has 0 aliphatic carbocycles. The van der Waals surface area contributed by atoms with E-state index in [4.69, 9.17) is 9.47 Å². The largest absolute Gasteiger partial charge is 0.495 e. The number of hydrogen-bond acceptors (Lipinski definition) is 9. The van der Waals surface area contributed by atoms with Crippen LogP contribution in [-0.4, -0.2) is 58.0 Å². The van der Waals surface area contributed by atoms with Gasteiger partial charge in [0.25, 0.3) is 5.91 Å². The van der Waals surface area contributed by atoms with Crippen LogP contribution in [0.2, 0.25) is 0 Å². The van der Waals surface area contributed by atoms with Crippen molar-refractivity contribution in [1.29, 1.82) is 0 Å². The molecule has 0 spiro atoms. The molecule has 4 aromatic rings. The Hall–Kier alpha value is -3.28. The molecule has 0 bridgehead atoms.